The van der Waals surface area contributed by atoms with Crippen molar-refractivity contribution < 1.29 is 4.74 Å². The van der Waals surface area contributed by atoms with Gasteiger partial charge in [0.1, 0.15) is 0 Å². The van der Waals surface area contributed by atoms with Crippen molar-refractivity contribution >= 4 is 0 Å². The van der Waals surface area contributed by atoms with Gasteiger partial charge in [0, 0.05) is 18.6 Å². The lowest BCUT2D eigenvalue weighted by molar-refractivity contribution is -0.0705. The Morgan fingerprint density at radius 3 is 2.31 bits per heavy atom. The zero-order chi connectivity index (χ0) is 11.7. The topological polar surface area (TPSA) is 38.5 Å². The first-order chi connectivity index (χ1) is 7.56. The Kier molecular flexibility index (Phi) is 3.88. The maximum atomic E-state index is 6.17. The molecule has 4 unspecified atom stereocenters. The summed E-state index contributed by atoms with van der Waals surface area (Å²) in [6, 6.07) is 1.06. The molecule has 2 heterocycles. The van der Waals surface area contributed by atoms with Crippen LogP contribution in [0.1, 0.15) is 40.0 Å². The molecular formula is C13H26N2O. The second-order valence-corrected chi connectivity index (χ2v) is 5.81. The highest BCUT2D eigenvalue weighted by molar-refractivity contribution is 4.88. The van der Waals surface area contributed by atoms with E-state index in [1.165, 1.54) is 25.8 Å². The number of nitrogens with two attached hydrogens (primary N) is 1. The first kappa shape index (κ1) is 12.3. The first-order valence-corrected chi connectivity index (χ1v) is 6.71. The Morgan fingerprint density at radius 1 is 1.12 bits per heavy atom. The van der Waals surface area contributed by atoms with E-state index in [0.717, 1.165) is 6.54 Å². The summed E-state index contributed by atoms with van der Waals surface area (Å²) in [6.45, 7) is 8.95. The molecule has 0 radical (unpaired) electrons. The zero-order valence-corrected chi connectivity index (χ0v) is 10.9. The number of piperidine rings is 1. The molecule has 3 heteroatoms. The summed E-state index contributed by atoms with van der Waals surface area (Å²) in [5.74, 6) is 0.686. The second-order valence-electron chi connectivity index (χ2n) is 5.81. The van der Waals surface area contributed by atoms with Crippen molar-refractivity contribution in [3.05, 3.63) is 0 Å². The molecule has 94 valence electrons. The van der Waals surface area contributed by atoms with Gasteiger partial charge in [0.2, 0.25) is 0 Å². The lowest BCUT2D eigenvalue weighted by atomic mass is 9.90. The zero-order valence-electron chi connectivity index (χ0n) is 10.9. The van der Waals surface area contributed by atoms with Crippen LogP contribution in [-0.2, 0) is 4.74 Å². The van der Waals surface area contributed by atoms with E-state index in [2.05, 4.69) is 25.7 Å². The van der Waals surface area contributed by atoms with Crippen molar-refractivity contribution in [2.75, 3.05) is 13.1 Å². The molecule has 0 bridgehead atoms. The van der Waals surface area contributed by atoms with Crippen LogP contribution in [0.4, 0.5) is 0 Å². The molecule has 2 N–H and O–H groups in total. The third kappa shape index (κ3) is 2.76. The summed E-state index contributed by atoms with van der Waals surface area (Å²) in [7, 11) is 0. The van der Waals surface area contributed by atoms with E-state index in [4.69, 9.17) is 10.5 Å². The van der Waals surface area contributed by atoms with E-state index in [1.807, 2.05) is 0 Å². The fraction of sp³-hybridized carbons (Fsp3) is 1.00. The summed E-state index contributed by atoms with van der Waals surface area (Å²) in [5, 5.41) is 0. The maximum absolute atomic E-state index is 6.17. The van der Waals surface area contributed by atoms with Gasteiger partial charge in [-0.05, 0) is 45.6 Å². The molecule has 0 amide bonds. The standard InChI is InChI=1S/C13H26N2O/c1-9-4-5-15(8-13(9)14)12-6-10(2)16-11(3)7-12/h9-13H,4-8,14H2,1-3H3. The van der Waals surface area contributed by atoms with Gasteiger partial charge in [-0.2, -0.15) is 0 Å². The van der Waals surface area contributed by atoms with Crippen molar-refractivity contribution in [3.8, 4) is 0 Å². The molecule has 4 atom stereocenters. The average Bonchev–Trinajstić information content (AvgIpc) is 2.20. The van der Waals surface area contributed by atoms with Crippen molar-refractivity contribution in [2.45, 2.75) is 64.3 Å². The van der Waals surface area contributed by atoms with Gasteiger partial charge in [-0.25, -0.2) is 0 Å². The summed E-state index contributed by atoms with van der Waals surface area (Å²) < 4.78 is 5.80. The SMILES string of the molecule is CC1CC(N2CCC(C)C(N)C2)CC(C)O1. The molecule has 0 aliphatic carbocycles. The lowest BCUT2D eigenvalue weighted by Crippen LogP contribution is -2.53. The smallest absolute Gasteiger partial charge is 0.0565 e. The molecular weight excluding hydrogens is 200 g/mol. The number of rotatable bonds is 1. The Bertz CT molecular complexity index is 224. The summed E-state index contributed by atoms with van der Waals surface area (Å²) in [5.41, 5.74) is 6.17. The Balaban J connectivity index is 1.92. The monoisotopic (exact) mass is 226 g/mol. The minimum atomic E-state index is 0.363. The summed E-state index contributed by atoms with van der Waals surface area (Å²) in [6.07, 6.45) is 4.41. The van der Waals surface area contributed by atoms with Crippen LogP contribution in [0, 0.1) is 5.92 Å². The van der Waals surface area contributed by atoms with Crippen molar-refractivity contribution in [1.82, 2.24) is 4.90 Å². The number of ether oxygens (including phenoxy) is 1. The lowest BCUT2D eigenvalue weighted by Gasteiger charge is -2.44. The van der Waals surface area contributed by atoms with Crippen LogP contribution in [0.3, 0.4) is 0 Å². The second kappa shape index (κ2) is 5.03. The van der Waals surface area contributed by atoms with Gasteiger partial charge >= 0.3 is 0 Å². The quantitative estimate of drug-likeness (QED) is 0.738. The largest absolute Gasteiger partial charge is 0.375 e. The van der Waals surface area contributed by atoms with E-state index in [9.17, 15) is 0 Å². The highest BCUT2D eigenvalue weighted by Crippen LogP contribution is 2.27. The maximum Gasteiger partial charge on any atom is 0.0565 e. The highest BCUT2D eigenvalue weighted by Gasteiger charge is 2.32. The number of nitrogens with zero attached hydrogens (tertiary/aromatic N) is 1. The van der Waals surface area contributed by atoms with Gasteiger partial charge in [0.15, 0.2) is 0 Å². The normalized spacial score (nSPS) is 46.9. The van der Waals surface area contributed by atoms with Gasteiger partial charge in [0.05, 0.1) is 12.2 Å². The van der Waals surface area contributed by atoms with Crippen molar-refractivity contribution in [3.63, 3.8) is 0 Å². The summed E-state index contributed by atoms with van der Waals surface area (Å²) >= 11 is 0. The number of hydrogen-bond acceptors (Lipinski definition) is 3. The molecule has 2 saturated heterocycles. The van der Waals surface area contributed by atoms with Gasteiger partial charge < -0.3 is 10.5 Å². The third-order valence-electron chi connectivity index (χ3n) is 4.24. The molecule has 0 aromatic heterocycles. The van der Waals surface area contributed by atoms with Gasteiger partial charge in [-0.3, -0.25) is 4.90 Å². The van der Waals surface area contributed by atoms with Crippen LogP contribution in [0.25, 0.3) is 0 Å². The predicted octanol–water partition coefficient (Wildman–Crippen LogP) is 1.61. The van der Waals surface area contributed by atoms with Crippen LogP contribution >= 0.6 is 0 Å². The van der Waals surface area contributed by atoms with Crippen LogP contribution in [-0.4, -0.2) is 42.3 Å². The minimum Gasteiger partial charge on any atom is -0.375 e. The van der Waals surface area contributed by atoms with Gasteiger partial charge in [-0.15, -0.1) is 0 Å². The summed E-state index contributed by atoms with van der Waals surface area (Å²) in [4.78, 5) is 2.60. The van der Waals surface area contributed by atoms with Crippen molar-refractivity contribution in [2.24, 2.45) is 11.7 Å². The van der Waals surface area contributed by atoms with Crippen LogP contribution in [0.15, 0.2) is 0 Å². The number of likely N-dealkylation sites (tertiary alicyclic amines) is 1. The molecule has 0 aromatic carbocycles. The molecule has 0 aromatic rings. The first-order valence-electron chi connectivity index (χ1n) is 6.71. The Morgan fingerprint density at radius 2 is 1.75 bits per heavy atom. The van der Waals surface area contributed by atoms with E-state index in [1.54, 1.807) is 0 Å². The molecule has 16 heavy (non-hydrogen) atoms. The third-order valence-corrected chi connectivity index (χ3v) is 4.24. The molecule has 3 nitrogen and oxygen atoms in total. The average molecular weight is 226 g/mol. The molecule has 0 spiro atoms. The van der Waals surface area contributed by atoms with E-state index in [-0.39, 0.29) is 0 Å². The molecule has 2 aliphatic heterocycles. The van der Waals surface area contributed by atoms with E-state index >= 15 is 0 Å². The van der Waals surface area contributed by atoms with Crippen molar-refractivity contribution in [1.29, 1.82) is 0 Å². The molecule has 0 saturated carbocycles. The fourth-order valence-corrected chi connectivity index (χ4v) is 3.13. The van der Waals surface area contributed by atoms with E-state index in [0.29, 0.717) is 30.2 Å². The Hall–Kier alpha value is -0.120. The predicted molar refractivity (Wildman–Crippen MR) is 66.4 cm³/mol. The minimum absolute atomic E-state index is 0.363. The van der Waals surface area contributed by atoms with Crippen LogP contribution < -0.4 is 5.73 Å². The van der Waals surface area contributed by atoms with Crippen LogP contribution in [0.2, 0.25) is 0 Å². The molecule has 2 fully saturated rings. The highest BCUT2D eigenvalue weighted by atomic mass is 16.5. The molecule has 2 aliphatic rings. The molecule has 2 rings (SSSR count). The fourth-order valence-electron chi connectivity index (χ4n) is 3.13. The van der Waals surface area contributed by atoms with Crippen LogP contribution in [0.5, 0.6) is 0 Å². The Labute approximate surface area is 99.3 Å². The van der Waals surface area contributed by atoms with Gasteiger partial charge in [0.25, 0.3) is 0 Å². The number of hydrogen-bond donors (Lipinski definition) is 1. The van der Waals surface area contributed by atoms with E-state index < -0.39 is 0 Å². The van der Waals surface area contributed by atoms with Gasteiger partial charge in [-0.1, -0.05) is 6.92 Å².